The summed E-state index contributed by atoms with van der Waals surface area (Å²) in [6.45, 7) is 1.41. The highest BCUT2D eigenvalue weighted by Crippen LogP contribution is 2.23. The lowest BCUT2D eigenvalue weighted by molar-refractivity contribution is -0.123. The molecule has 0 radical (unpaired) electrons. The number of hydrogen-bond acceptors (Lipinski definition) is 7. The van der Waals surface area contributed by atoms with Crippen molar-refractivity contribution in [1.29, 1.82) is 5.26 Å². The Morgan fingerprint density at radius 2 is 1.57 bits per heavy atom. The summed E-state index contributed by atoms with van der Waals surface area (Å²) in [6, 6.07) is 22.9. The van der Waals surface area contributed by atoms with Crippen molar-refractivity contribution >= 4 is 27.6 Å². The van der Waals surface area contributed by atoms with Gasteiger partial charge in [0.2, 0.25) is 10.0 Å². The van der Waals surface area contributed by atoms with Gasteiger partial charge in [0.15, 0.2) is 6.10 Å². The Balaban J connectivity index is 1.53. The van der Waals surface area contributed by atoms with Crippen LogP contribution < -0.4 is 14.8 Å². The average Bonchev–Trinajstić information content (AvgIpc) is 2.86. The van der Waals surface area contributed by atoms with E-state index in [4.69, 9.17) is 14.7 Å². The monoisotopic (exact) mass is 493 g/mol. The van der Waals surface area contributed by atoms with Crippen LogP contribution in [-0.4, -0.2) is 32.9 Å². The Bertz CT molecular complexity index is 1300. The van der Waals surface area contributed by atoms with E-state index in [1.165, 1.54) is 31.2 Å². The molecule has 1 atom stereocenters. The molecule has 0 aliphatic heterocycles. The number of anilines is 1. The van der Waals surface area contributed by atoms with E-state index in [1.54, 1.807) is 24.3 Å². The van der Waals surface area contributed by atoms with Crippen LogP contribution in [-0.2, 0) is 19.6 Å². The number of nitrogens with one attached hydrogen (secondary N) is 2. The number of hydrogen-bond donors (Lipinski definition) is 2. The third-order valence-corrected chi connectivity index (χ3v) is 6.16. The lowest BCUT2D eigenvalue weighted by atomic mass is 10.2. The molecule has 0 aliphatic rings. The maximum absolute atomic E-state index is 12.4. The Morgan fingerprint density at radius 3 is 2.20 bits per heavy atom. The van der Waals surface area contributed by atoms with E-state index in [-0.39, 0.29) is 23.4 Å². The summed E-state index contributed by atoms with van der Waals surface area (Å²) in [4.78, 5) is 24.8. The molecule has 3 aromatic rings. The molecule has 0 fully saturated rings. The fourth-order valence-corrected chi connectivity index (χ4v) is 3.88. The van der Waals surface area contributed by atoms with Gasteiger partial charge in [-0.25, -0.2) is 17.9 Å². The molecule has 180 valence electrons. The van der Waals surface area contributed by atoms with Crippen LogP contribution in [0, 0.1) is 11.3 Å². The van der Waals surface area contributed by atoms with Gasteiger partial charge in [0.25, 0.3) is 5.91 Å². The van der Waals surface area contributed by atoms with Crippen LogP contribution in [0.25, 0.3) is 0 Å². The van der Waals surface area contributed by atoms with Crippen molar-refractivity contribution in [3.8, 4) is 17.6 Å². The summed E-state index contributed by atoms with van der Waals surface area (Å²) in [5, 5.41) is 11.2. The van der Waals surface area contributed by atoms with Crippen molar-refractivity contribution in [2.75, 3.05) is 11.9 Å². The number of esters is 1. The van der Waals surface area contributed by atoms with Gasteiger partial charge < -0.3 is 14.8 Å². The van der Waals surface area contributed by atoms with Gasteiger partial charge in [0.1, 0.15) is 11.5 Å². The Labute approximate surface area is 203 Å². The van der Waals surface area contributed by atoms with Gasteiger partial charge in [-0.2, -0.15) is 5.26 Å². The van der Waals surface area contributed by atoms with E-state index < -0.39 is 28.0 Å². The minimum absolute atomic E-state index is 0.0158. The number of ether oxygens (including phenoxy) is 2. The Morgan fingerprint density at radius 1 is 0.943 bits per heavy atom. The number of rotatable bonds is 10. The highest BCUT2D eigenvalue weighted by molar-refractivity contribution is 7.89. The first kappa shape index (κ1) is 25.4. The molecule has 0 aliphatic carbocycles. The standard InChI is InChI=1S/C25H23N3O6S/c1-18(24(29)28-20-10-12-22(13-11-20)34-21-6-3-2-4-7-21)33-25(30)19-8-14-23(15-9-19)35(31,32)27-17-5-16-26/h2-4,6-15,18,27H,5,17H2,1H3,(H,28,29). The van der Waals surface area contributed by atoms with Gasteiger partial charge in [0, 0.05) is 18.7 Å². The van der Waals surface area contributed by atoms with Crippen LogP contribution in [0.1, 0.15) is 23.7 Å². The molecule has 3 aromatic carbocycles. The first-order valence-electron chi connectivity index (χ1n) is 10.6. The minimum atomic E-state index is -3.79. The van der Waals surface area contributed by atoms with Crippen molar-refractivity contribution < 1.29 is 27.5 Å². The highest BCUT2D eigenvalue weighted by atomic mass is 32.2. The molecule has 0 bridgehead atoms. The summed E-state index contributed by atoms with van der Waals surface area (Å²) >= 11 is 0. The zero-order chi connectivity index (χ0) is 25.3. The second-order valence-corrected chi connectivity index (χ2v) is 9.07. The second-order valence-electron chi connectivity index (χ2n) is 7.31. The molecule has 0 saturated carbocycles. The highest BCUT2D eigenvalue weighted by Gasteiger charge is 2.20. The zero-order valence-corrected chi connectivity index (χ0v) is 19.6. The molecule has 1 unspecified atom stereocenters. The first-order valence-corrected chi connectivity index (χ1v) is 12.1. The van der Waals surface area contributed by atoms with Gasteiger partial charge >= 0.3 is 5.97 Å². The van der Waals surface area contributed by atoms with Crippen LogP contribution >= 0.6 is 0 Å². The summed E-state index contributed by atoms with van der Waals surface area (Å²) < 4.78 is 37.5. The molecule has 0 heterocycles. The summed E-state index contributed by atoms with van der Waals surface area (Å²) in [5.41, 5.74) is 0.583. The predicted molar refractivity (Wildman–Crippen MR) is 128 cm³/mol. The maximum atomic E-state index is 12.4. The van der Waals surface area contributed by atoms with Crippen molar-refractivity contribution in [2.24, 2.45) is 0 Å². The fourth-order valence-electron chi connectivity index (χ4n) is 2.85. The van der Waals surface area contributed by atoms with Crippen molar-refractivity contribution in [1.82, 2.24) is 4.72 Å². The number of carbonyl (C=O) groups is 2. The summed E-state index contributed by atoms with van der Waals surface area (Å²) in [5.74, 6) is -0.0262. The molecular weight excluding hydrogens is 470 g/mol. The van der Waals surface area contributed by atoms with Crippen molar-refractivity contribution in [2.45, 2.75) is 24.3 Å². The van der Waals surface area contributed by atoms with Crippen molar-refractivity contribution in [3.63, 3.8) is 0 Å². The largest absolute Gasteiger partial charge is 0.457 e. The molecule has 0 spiro atoms. The van der Waals surface area contributed by atoms with Gasteiger partial charge in [-0.05, 0) is 67.6 Å². The van der Waals surface area contributed by atoms with Crippen LogP contribution in [0.15, 0.2) is 83.8 Å². The molecule has 10 heteroatoms. The van der Waals surface area contributed by atoms with Gasteiger partial charge in [-0.1, -0.05) is 18.2 Å². The van der Waals surface area contributed by atoms with E-state index in [9.17, 15) is 18.0 Å². The number of nitriles is 1. The van der Waals surface area contributed by atoms with E-state index in [0.29, 0.717) is 17.2 Å². The number of sulfonamides is 1. The molecular formula is C25H23N3O6S. The van der Waals surface area contributed by atoms with Crippen LogP contribution in [0.3, 0.4) is 0 Å². The Kier molecular flexibility index (Phi) is 8.56. The quantitative estimate of drug-likeness (QED) is 0.323. The van der Waals surface area contributed by atoms with Gasteiger partial charge in [-0.15, -0.1) is 0 Å². The molecule has 3 rings (SSSR count). The number of benzene rings is 3. The topological polar surface area (TPSA) is 135 Å². The number of carbonyl (C=O) groups excluding carboxylic acids is 2. The normalized spacial score (nSPS) is 11.7. The molecule has 9 nitrogen and oxygen atoms in total. The van der Waals surface area contributed by atoms with Crippen LogP contribution in [0.4, 0.5) is 5.69 Å². The fraction of sp³-hybridized carbons (Fsp3) is 0.160. The number of amides is 1. The van der Waals surface area contributed by atoms with E-state index in [2.05, 4.69) is 10.0 Å². The molecule has 0 saturated heterocycles. The van der Waals surface area contributed by atoms with Gasteiger partial charge in [-0.3, -0.25) is 4.79 Å². The number of para-hydroxylation sites is 1. The molecule has 35 heavy (non-hydrogen) atoms. The summed E-state index contributed by atoms with van der Waals surface area (Å²) in [6.07, 6.45) is -1.06. The third kappa shape index (κ3) is 7.40. The number of nitrogens with zero attached hydrogens (tertiary/aromatic N) is 1. The van der Waals surface area contributed by atoms with Crippen LogP contribution in [0.5, 0.6) is 11.5 Å². The molecule has 0 aromatic heterocycles. The van der Waals surface area contributed by atoms with E-state index in [0.717, 1.165) is 0 Å². The zero-order valence-electron chi connectivity index (χ0n) is 18.8. The average molecular weight is 494 g/mol. The first-order chi connectivity index (χ1) is 16.8. The van der Waals surface area contributed by atoms with E-state index >= 15 is 0 Å². The van der Waals surface area contributed by atoms with Crippen LogP contribution in [0.2, 0.25) is 0 Å². The van der Waals surface area contributed by atoms with Crippen molar-refractivity contribution in [3.05, 3.63) is 84.4 Å². The maximum Gasteiger partial charge on any atom is 0.338 e. The lowest BCUT2D eigenvalue weighted by Crippen LogP contribution is -2.30. The van der Waals surface area contributed by atoms with E-state index in [1.807, 2.05) is 36.4 Å². The molecule has 1 amide bonds. The SMILES string of the molecule is CC(OC(=O)c1ccc(S(=O)(=O)NCCC#N)cc1)C(=O)Nc1ccc(Oc2ccccc2)cc1. The second kappa shape index (κ2) is 11.8. The predicted octanol–water partition coefficient (Wildman–Crippen LogP) is 3.85. The van der Waals surface area contributed by atoms with Gasteiger partial charge in [0.05, 0.1) is 16.5 Å². The third-order valence-electron chi connectivity index (χ3n) is 4.68. The molecule has 2 N–H and O–H groups in total. The smallest absolute Gasteiger partial charge is 0.338 e. The summed E-state index contributed by atoms with van der Waals surface area (Å²) in [7, 11) is -3.79. The lowest BCUT2D eigenvalue weighted by Gasteiger charge is -2.14. The minimum Gasteiger partial charge on any atom is -0.457 e. The Hall–Kier alpha value is -4.20.